The highest BCUT2D eigenvalue weighted by atomic mass is 16.5. The Balaban J connectivity index is 2.17. The molecule has 0 saturated heterocycles. The lowest BCUT2D eigenvalue weighted by molar-refractivity contribution is 0.213. The molecule has 0 unspecified atom stereocenters. The number of anilines is 2. The fourth-order valence-electron chi connectivity index (χ4n) is 2.33. The topological polar surface area (TPSA) is 80.4 Å². The molecule has 1 fully saturated rings. The standard InChI is InChI=1S/C12H19N3O2/c1-17-11-9(13)4-5-10(14-11)15-12(8-16)6-2-3-7-12/h4-5,16H,2-3,6-8,13H2,1H3,(H,14,15). The maximum absolute atomic E-state index is 9.51. The highest BCUT2D eigenvalue weighted by Crippen LogP contribution is 2.33. The number of hydrogen-bond donors (Lipinski definition) is 3. The minimum Gasteiger partial charge on any atom is -0.479 e. The molecule has 0 spiro atoms. The molecular weight excluding hydrogens is 218 g/mol. The first-order chi connectivity index (χ1) is 8.19. The van der Waals surface area contributed by atoms with E-state index in [9.17, 15) is 5.11 Å². The van der Waals surface area contributed by atoms with Gasteiger partial charge in [0.05, 0.1) is 24.9 Å². The van der Waals surface area contributed by atoms with E-state index in [0.29, 0.717) is 17.4 Å². The van der Waals surface area contributed by atoms with Crippen LogP contribution in [0.4, 0.5) is 11.5 Å². The van der Waals surface area contributed by atoms with E-state index in [4.69, 9.17) is 10.5 Å². The smallest absolute Gasteiger partial charge is 0.238 e. The molecule has 1 aliphatic rings. The van der Waals surface area contributed by atoms with Gasteiger partial charge in [0.25, 0.3) is 0 Å². The minimum absolute atomic E-state index is 0.126. The minimum atomic E-state index is -0.228. The van der Waals surface area contributed by atoms with Gasteiger partial charge in [0.2, 0.25) is 5.88 Å². The summed E-state index contributed by atoms with van der Waals surface area (Å²) in [5.41, 5.74) is 6.00. The fourth-order valence-corrected chi connectivity index (χ4v) is 2.33. The van der Waals surface area contributed by atoms with E-state index in [1.165, 1.54) is 0 Å². The van der Waals surface area contributed by atoms with Crippen molar-refractivity contribution in [2.75, 3.05) is 24.8 Å². The lowest BCUT2D eigenvalue weighted by atomic mass is 9.99. The fraction of sp³-hybridized carbons (Fsp3) is 0.583. The van der Waals surface area contributed by atoms with Crippen LogP contribution < -0.4 is 15.8 Å². The van der Waals surface area contributed by atoms with Gasteiger partial charge in [-0.2, -0.15) is 4.98 Å². The third kappa shape index (κ3) is 2.44. The summed E-state index contributed by atoms with van der Waals surface area (Å²) in [7, 11) is 1.54. The Morgan fingerprint density at radius 1 is 1.47 bits per heavy atom. The van der Waals surface area contributed by atoms with Crippen LogP contribution >= 0.6 is 0 Å². The lowest BCUT2D eigenvalue weighted by Crippen LogP contribution is -2.39. The number of hydrogen-bond acceptors (Lipinski definition) is 5. The van der Waals surface area contributed by atoms with Crippen LogP contribution in [-0.2, 0) is 0 Å². The Bertz CT molecular complexity index is 389. The van der Waals surface area contributed by atoms with E-state index < -0.39 is 0 Å². The number of nitrogen functional groups attached to an aromatic ring is 1. The van der Waals surface area contributed by atoms with Crippen molar-refractivity contribution in [1.29, 1.82) is 0 Å². The molecule has 94 valence electrons. The average molecular weight is 237 g/mol. The molecule has 0 amide bonds. The van der Waals surface area contributed by atoms with E-state index in [-0.39, 0.29) is 12.1 Å². The van der Waals surface area contributed by atoms with Crippen LogP contribution in [0.5, 0.6) is 5.88 Å². The summed E-state index contributed by atoms with van der Waals surface area (Å²) < 4.78 is 5.08. The van der Waals surface area contributed by atoms with Gasteiger partial charge < -0.3 is 20.9 Å². The van der Waals surface area contributed by atoms with Gasteiger partial charge in [0.1, 0.15) is 5.82 Å². The SMILES string of the molecule is COc1nc(NC2(CO)CCCC2)ccc1N. The molecule has 0 aliphatic heterocycles. The van der Waals surface area contributed by atoms with Gasteiger partial charge in [-0.05, 0) is 25.0 Å². The van der Waals surface area contributed by atoms with E-state index in [0.717, 1.165) is 25.7 Å². The monoisotopic (exact) mass is 237 g/mol. The molecule has 2 rings (SSSR count). The molecule has 4 N–H and O–H groups in total. The normalized spacial score (nSPS) is 18.0. The van der Waals surface area contributed by atoms with Crippen LogP contribution in [-0.4, -0.2) is 29.3 Å². The maximum atomic E-state index is 9.51. The Kier molecular flexibility index (Phi) is 3.38. The first-order valence-corrected chi connectivity index (χ1v) is 5.89. The summed E-state index contributed by atoms with van der Waals surface area (Å²) in [5, 5.41) is 12.8. The molecule has 17 heavy (non-hydrogen) atoms. The molecule has 0 aromatic carbocycles. The third-order valence-corrected chi connectivity index (χ3v) is 3.34. The molecule has 0 atom stereocenters. The van der Waals surface area contributed by atoms with Crippen LogP contribution in [0.3, 0.4) is 0 Å². The molecule has 1 aromatic heterocycles. The first-order valence-electron chi connectivity index (χ1n) is 5.89. The number of aromatic nitrogens is 1. The number of methoxy groups -OCH3 is 1. The quantitative estimate of drug-likeness (QED) is 0.737. The summed E-state index contributed by atoms with van der Waals surface area (Å²) in [6.07, 6.45) is 4.22. The number of aliphatic hydroxyl groups is 1. The zero-order valence-corrected chi connectivity index (χ0v) is 10.1. The van der Waals surface area contributed by atoms with Crippen LogP contribution in [0.1, 0.15) is 25.7 Å². The van der Waals surface area contributed by atoms with Crippen molar-refractivity contribution in [1.82, 2.24) is 4.98 Å². The Labute approximate surface area is 101 Å². The Morgan fingerprint density at radius 3 is 2.76 bits per heavy atom. The molecular formula is C12H19N3O2. The molecule has 0 radical (unpaired) electrons. The van der Waals surface area contributed by atoms with Gasteiger partial charge in [-0.3, -0.25) is 0 Å². The van der Waals surface area contributed by atoms with Gasteiger partial charge in [0, 0.05) is 0 Å². The Hall–Kier alpha value is -1.49. The number of nitrogens with zero attached hydrogens (tertiary/aromatic N) is 1. The molecule has 1 aliphatic carbocycles. The zero-order chi connectivity index (χ0) is 12.3. The third-order valence-electron chi connectivity index (χ3n) is 3.34. The van der Waals surface area contributed by atoms with Gasteiger partial charge in [0.15, 0.2) is 0 Å². The largest absolute Gasteiger partial charge is 0.479 e. The van der Waals surface area contributed by atoms with Crippen LogP contribution in [0, 0.1) is 0 Å². The molecule has 1 saturated carbocycles. The van der Waals surface area contributed by atoms with Crippen molar-refractivity contribution < 1.29 is 9.84 Å². The second-order valence-corrected chi connectivity index (χ2v) is 4.57. The van der Waals surface area contributed by atoms with E-state index in [2.05, 4.69) is 10.3 Å². The molecule has 0 bridgehead atoms. The van der Waals surface area contributed by atoms with Crippen LogP contribution in [0.15, 0.2) is 12.1 Å². The molecule has 1 aromatic rings. The number of aliphatic hydroxyl groups excluding tert-OH is 1. The predicted octanol–water partition coefficient (Wildman–Crippen LogP) is 1.39. The predicted molar refractivity (Wildman–Crippen MR) is 67.1 cm³/mol. The second-order valence-electron chi connectivity index (χ2n) is 4.57. The van der Waals surface area contributed by atoms with Crippen molar-refractivity contribution in [3.05, 3.63) is 12.1 Å². The molecule has 5 heteroatoms. The number of pyridine rings is 1. The number of nitrogens with one attached hydrogen (secondary N) is 1. The van der Waals surface area contributed by atoms with Gasteiger partial charge in [-0.15, -0.1) is 0 Å². The first kappa shape index (κ1) is 12.0. The summed E-state index contributed by atoms with van der Waals surface area (Å²) in [6, 6.07) is 3.57. The summed E-state index contributed by atoms with van der Waals surface area (Å²) >= 11 is 0. The van der Waals surface area contributed by atoms with Crippen molar-refractivity contribution >= 4 is 11.5 Å². The zero-order valence-electron chi connectivity index (χ0n) is 10.1. The highest BCUT2D eigenvalue weighted by Gasteiger charge is 2.33. The number of rotatable bonds is 4. The second kappa shape index (κ2) is 4.79. The number of ether oxygens (including phenoxy) is 1. The van der Waals surface area contributed by atoms with Crippen molar-refractivity contribution in [2.45, 2.75) is 31.2 Å². The van der Waals surface area contributed by atoms with Crippen LogP contribution in [0.2, 0.25) is 0 Å². The van der Waals surface area contributed by atoms with E-state index >= 15 is 0 Å². The van der Waals surface area contributed by atoms with E-state index in [1.807, 2.05) is 6.07 Å². The Morgan fingerprint density at radius 2 is 2.18 bits per heavy atom. The van der Waals surface area contributed by atoms with Crippen molar-refractivity contribution in [3.8, 4) is 5.88 Å². The van der Waals surface area contributed by atoms with Crippen molar-refractivity contribution in [3.63, 3.8) is 0 Å². The lowest BCUT2D eigenvalue weighted by Gasteiger charge is -2.28. The van der Waals surface area contributed by atoms with Gasteiger partial charge in [-0.25, -0.2) is 0 Å². The average Bonchev–Trinajstić information content (AvgIpc) is 2.81. The summed E-state index contributed by atoms with van der Waals surface area (Å²) in [5.74, 6) is 1.12. The number of nitrogens with two attached hydrogens (primary N) is 1. The molecule has 1 heterocycles. The summed E-state index contributed by atoms with van der Waals surface area (Å²) in [6.45, 7) is 0.126. The van der Waals surface area contributed by atoms with Gasteiger partial charge in [-0.1, -0.05) is 12.8 Å². The van der Waals surface area contributed by atoms with Crippen LogP contribution in [0.25, 0.3) is 0 Å². The van der Waals surface area contributed by atoms with Crippen molar-refractivity contribution in [2.24, 2.45) is 0 Å². The maximum Gasteiger partial charge on any atom is 0.238 e. The van der Waals surface area contributed by atoms with E-state index in [1.54, 1.807) is 13.2 Å². The van der Waals surface area contributed by atoms with Gasteiger partial charge >= 0.3 is 0 Å². The highest BCUT2D eigenvalue weighted by molar-refractivity contribution is 5.54. The molecule has 5 nitrogen and oxygen atoms in total. The summed E-state index contributed by atoms with van der Waals surface area (Å²) in [4.78, 5) is 4.28.